The molecule has 0 saturated heterocycles. The number of Topliss-reactive ketones (excluding diaryl/α,β-unsaturated/α-hetero) is 1. The molecule has 0 bridgehead atoms. The number of amides is 1. The average Bonchev–Trinajstić information content (AvgIpc) is 2.86. The summed E-state index contributed by atoms with van der Waals surface area (Å²) >= 11 is 0. The molecule has 0 aliphatic heterocycles. The molecule has 3 rings (SSSR count). The van der Waals surface area contributed by atoms with Crippen molar-refractivity contribution in [1.29, 1.82) is 0 Å². The predicted octanol–water partition coefficient (Wildman–Crippen LogP) is 3.63. The van der Waals surface area contributed by atoms with Crippen LogP contribution in [0, 0.1) is 13.8 Å². The number of rotatable bonds is 4. The van der Waals surface area contributed by atoms with Crippen molar-refractivity contribution in [2.24, 2.45) is 7.05 Å². The largest absolute Gasteiger partial charge is 0.495 e. The summed E-state index contributed by atoms with van der Waals surface area (Å²) in [5.74, 6) is -0.720. The fourth-order valence-corrected chi connectivity index (χ4v) is 3.02. The Morgan fingerprint density at radius 2 is 1.80 bits per heavy atom. The highest BCUT2D eigenvalue weighted by Gasteiger charge is 2.24. The van der Waals surface area contributed by atoms with Crippen molar-refractivity contribution in [2.75, 3.05) is 12.4 Å². The number of carbonyl (C=O) groups excluding carboxylic acids is 2. The maximum Gasteiger partial charge on any atom is 0.296 e. The van der Waals surface area contributed by atoms with Crippen LogP contribution in [-0.4, -0.2) is 23.4 Å². The first-order valence-electron chi connectivity index (χ1n) is 7.98. The number of anilines is 1. The number of para-hydroxylation sites is 1. The minimum absolute atomic E-state index is 0.433. The molecule has 0 fully saturated rings. The van der Waals surface area contributed by atoms with Gasteiger partial charge < -0.3 is 14.6 Å². The fourth-order valence-electron chi connectivity index (χ4n) is 3.02. The summed E-state index contributed by atoms with van der Waals surface area (Å²) in [6, 6.07) is 13.0. The summed E-state index contributed by atoms with van der Waals surface area (Å²) in [6.07, 6.45) is 0. The molecule has 1 aromatic heterocycles. The second-order valence-electron chi connectivity index (χ2n) is 6.02. The van der Waals surface area contributed by atoms with E-state index in [9.17, 15) is 9.59 Å². The molecule has 0 unspecified atom stereocenters. The fraction of sp³-hybridized carbons (Fsp3) is 0.200. The first-order chi connectivity index (χ1) is 11.9. The number of ketones is 1. The number of ether oxygens (including phenoxy) is 1. The van der Waals surface area contributed by atoms with Gasteiger partial charge in [0.25, 0.3) is 11.7 Å². The number of aryl methyl sites for hydroxylation is 2. The van der Waals surface area contributed by atoms with E-state index in [1.807, 2.05) is 55.8 Å². The topological polar surface area (TPSA) is 60.3 Å². The van der Waals surface area contributed by atoms with E-state index in [4.69, 9.17) is 4.74 Å². The molecule has 1 heterocycles. The molecule has 0 aliphatic carbocycles. The van der Waals surface area contributed by atoms with Crippen LogP contribution in [0.15, 0.2) is 42.5 Å². The number of benzene rings is 2. The predicted molar refractivity (Wildman–Crippen MR) is 98.3 cm³/mol. The lowest BCUT2D eigenvalue weighted by atomic mass is 10.1. The van der Waals surface area contributed by atoms with Gasteiger partial charge in [0.15, 0.2) is 0 Å². The van der Waals surface area contributed by atoms with Crippen LogP contribution in [-0.2, 0) is 11.8 Å². The van der Waals surface area contributed by atoms with Gasteiger partial charge in [0.1, 0.15) is 5.75 Å². The third kappa shape index (κ3) is 2.89. The Bertz CT molecular complexity index is 986. The zero-order chi connectivity index (χ0) is 18.1. The summed E-state index contributed by atoms with van der Waals surface area (Å²) < 4.78 is 7.17. The molecule has 2 aromatic carbocycles. The first kappa shape index (κ1) is 16.8. The smallest absolute Gasteiger partial charge is 0.296 e. The Morgan fingerprint density at radius 1 is 1.08 bits per heavy atom. The average molecular weight is 336 g/mol. The Labute approximate surface area is 146 Å². The minimum Gasteiger partial charge on any atom is -0.495 e. The summed E-state index contributed by atoms with van der Waals surface area (Å²) in [5.41, 5.74) is 3.56. The van der Waals surface area contributed by atoms with Gasteiger partial charge >= 0.3 is 0 Å². The molecule has 0 saturated carbocycles. The van der Waals surface area contributed by atoms with Crippen molar-refractivity contribution < 1.29 is 14.3 Å². The van der Waals surface area contributed by atoms with Crippen LogP contribution < -0.4 is 10.1 Å². The molecule has 128 valence electrons. The van der Waals surface area contributed by atoms with Gasteiger partial charge in [-0.3, -0.25) is 9.59 Å². The highest BCUT2D eigenvalue weighted by Crippen LogP contribution is 2.28. The van der Waals surface area contributed by atoms with Gasteiger partial charge in [-0.15, -0.1) is 0 Å². The Kier molecular flexibility index (Phi) is 4.31. The zero-order valence-electron chi connectivity index (χ0n) is 14.7. The van der Waals surface area contributed by atoms with Crippen LogP contribution in [0.25, 0.3) is 10.9 Å². The highest BCUT2D eigenvalue weighted by atomic mass is 16.5. The molecule has 1 N–H and O–H groups in total. The molecule has 0 aliphatic rings. The number of nitrogens with zero attached hydrogens (tertiary/aromatic N) is 1. The highest BCUT2D eigenvalue weighted by molar-refractivity contribution is 6.48. The molecular formula is C20H20N2O3. The van der Waals surface area contributed by atoms with Crippen molar-refractivity contribution >= 4 is 28.3 Å². The van der Waals surface area contributed by atoms with Crippen LogP contribution >= 0.6 is 0 Å². The summed E-state index contributed by atoms with van der Waals surface area (Å²) in [5, 5.41) is 3.46. The van der Waals surface area contributed by atoms with Crippen molar-refractivity contribution in [3.05, 3.63) is 59.3 Å². The molecule has 3 aromatic rings. The monoisotopic (exact) mass is 336 g/mol. The van der Waals surface area contributed by atoms with E-state index in [-0.39, 0.29) is 0 Å². The van der Waals surface area contributed by atoms with Gasteiger partial charge in [-0.1, -0.05) is 24.3 Å². The lowest BCUT2D eigenvalue weighted by molar-refractivity contribution is -0.112. The summed E-state index contributed by atoms with van der Waals surface area (Å²) in [7, 11) is 3.41. The maximum atomic E-state index is 12.8. The van der Waals surface area contributed by atoms with Gasteiger partial charge in [-0.25, -0.2) is 0 Å². The molecular weight excluding hydrogens is 316 g/mol. The van der Waals surface area contributed by atoms with E-state index in [1.165, 1.54) is 7.11 Å². The standard InChI is InChI=1S/C20H20N2O3/c1-12-9-10-17(25-4)15(11-12)21-20(24)19(23)18-13(2)22(3)16-8-6-5-7-14(16)18/h5-11H,1-4H3,(H,21,24). The molecule has 5 nitrogen and oxygen atoms in total. The molecule has 0 radical (unpaired) electrons. The van der Waals surface area contributed by atoms with Crippen molar-refractivity contribution in [3.8, 4) is 5.75 Å². The Balaban J connectivity index is 1.99. The summed E-state index contributed by atoms with van der Waals surface area (Å²) in [6.45, 7) is 3.75. The Morgan fingerprint density at radius 3 is 2.52 bits per heavy atom. The molecule has 1 amide bonds. The maximum absolute atomic E-state index is 12.8. The van der Waals surface area contributed by atoms with Gasteiger partial charge in [0.2, 0.25) is 0 Å². The van der Waals surface area contributed by atoms with Crippen LogP contribution in [0.5, 0.6) is 5.75 Å². The van der Waals surface area contributed by atoms with Crippen LogP contribution in [0.2, 0.25) is 0 Å². The SMILES string of the molecule is COc1ccc(C)cc1NC(=O)C(=O)c1c(C)n(C)c2ccccc12. The van der Waals surface area contributed by atoms with E-state index < -0.39 is 11.7 Å². The second-order valence-corrected chi connectivity index (χ2v) is 6.02. The zero-order valence-corrected chi connectivity index (χ0v) is 14.7. The number of carbonyl (C=O) groups is 2. The van der Waals surface area contributed by atoms with E-state index in [0.717, 1.165) is 22.2 Å². The third-order valence-corrected chi connectivity index (χ3v) is 4.44. The lowest BCUT2D eigenvalue weighted by Crippen LogP contribution is -2.24. The van der Waals surface area contributed by atoms with Crippen LogP contribution in [0.1, 0.15) is 21.6 Å². The van der Waals surface area contributed by atoms with Gasteiger partial charge in [-0.2, -0.15) is 0 Å². The second kappa shape index (κ2) is 6.43. The van der Waals surface area contributed by atoms with Crippen LogP contribution in [0.3, 0.4) is 0 Å². The van der Waals surface area contributed by atoms with E-state index in [1.54, 1.807) is 12.1 Å². The number of nitrogens with one attached hydrogen (secondary N) is 1. The van der Waals surface area contributed by atoms with Crippen LogP contribution in [0.4, 0.5) is 5.69 Å². The van der Waals surface area contributed by atoms with Crippen molar-refractivity contribution in [2.45, 2.75) is 13.8 Å². The normalized spacial score (nSPS) is 10.7. The van der Waals surface area contributed by atoms with Gasteiger partial charge in [0, 0.05) is 23.6 Å². The molecule has 5 heteroatoms. The number of hydrogen-bond acceptors (Lipinski definition) is 3. The molecule has 0 spiro atoms. The van der Waals surface area contributed by atoms with Gasteiger partial charge in [-0.05, 0) is 37.6 Å². The van der Waals surface area contributed by atoms with Crippen molar-refractivity contribution in [1.82, 2.24) is 4.57 Å². The number of fused-ring (bicyclic) bond motifs is 1. The minimum atomic E-state index is -0.677. The number of hydrogen-bond donors (Lipinski definition) is 1. The first-order valence-corrected chi connectivity index (χ1v) is 7.98. The van der Waals surface area contributed by atoms with Gasteiger partial charge in [0.05, 0.1) is 18.4 Å². The quantitative estimate of drug-likeness (QED) is 0.585. The van der Waals surface area contributed by atoms with E-state index >= 15 is 0 Å². The third-order valence-electron chi connectivity index (χ3n) is 4.44. The molecule has 25 heavy (non-hydrogen) atoms. The lowest BCUT2D eigenvalue weighted by Gasteiger charge is -2.10. The van der Waals surface area contributed by atoms with E-state index in [2.05, 4.69) is 5.32 Å². The number of aromatic nitrogens is 1. The Hall–Kier alpha value is -3.08. The summed E-state index contributed by atoms with van der Waals surface area (Å²) in [4.78, 5) is 25.4. The molecule has 0 atom stereocenters. The van der Waals surface area contributed by atoms with E-state index in [0.29, 0.717) is 17.0 Å². The number of methoxy groups -OCH3 is 1. The van der Waals surface area contributed by atoms with Crippen molar-refractivity contribution in [3.63, 3.8) is 0 Å².